The molecule has 0 amide bonds. The highest BCUT2D eigenvalue weighted by Crippen LogP contribution is 2.30. The van der Waals surface area contributed by atoms with Crippen molar-refractivity contribution in [2.45, 2.75) is 17.0 Å². The van der Waals surface area contributed by atoms with Gasteiger partial charge in [-0.2, -0.15) is 4.98 Å². The standard InChI is InChI=1S/C10H13N5O2S2/c1-7-11-8(17-14-7)6-18-10-13-12-9(19-10)15-2-4-16-5-3-15/h2-6H2,1H3. The SMILES string of the molecule is Cc1noc(CSc2nnc(N3CCOCC3)s2)n1. The minimum Gasteiger partial charge on any atom is -0.378 e. The van der Waals surface area contributed by atoms with E-state index in [2.05, 4.69) is 25.2 Å². The highest BCUT2D eigenvalue weighted by molar-refractivity contribution is 8.00. The van der Waals surface area contributed by atoms with E-state index in [1.54, 1.807) is 30.0 Å². The van der Waals surface area contributed by atoms with Crippen molar-refractivity contribution in [3.8, 4) is 0 Å². The molecule has 1 aliphatic rings. The van der Waals surface area contributed by atoms with Gasteiger partial charge in [-0.25, -0.2) is 0 Å². The Morgan fingerprint density at radius 3 is 2.89 bits per heavy atom. The van der Waals surface area contributed by atoms with E-state index in [4.69, 9.17) is 9.26 Å². The van der Waals surface area contributed by atoms with Gasteiger partial charge in [-0.05, 0) is 6.92 Å². The first-order valence-corrected chi connectivity index (χ1v) is 7.69. The van der Waals surface area contributed by atoms with E-state index in [0.717, 1.165) is 35.8 Å². The third-order valence-electron chi connectivity index (χ3n) is 2.57. The fourth-order valence-electron chi connectivity index (χ4n) is 1.67. The van der Waals surface area contributed by atoms with Crippen molar-refractivity contribution in [3.63, 3.8) is 0 Å². The lowest BCUT2D eigenvalue weighted by Gasteiger charge is -2.25. The van der Waals surface area contributed by atoms with Gasteiger partial charge in [0.15, 0.2) is 10.2 Å². The highest BCUT2D eigenvalue weighted by atomic mass is 32.2. The molecule has 0 aromatic carbocycles. The lowest BCUT2D eigenvalue weighted by molar-refractivity contribution is 0.122. The lowest BCUT2D eigenvalue weighted by Crippen LogP contribution is -2.36. The summed E-state index contributed by atoms with van der Waals surface area (Å²) < 4.78 is 11.3. The van der Waals surface area contributed by atoms with Crippen LogP contribution in [0.5, 0.6) is 0 Å². The smallest absolute Gasteiger partial charge is 0.237 e. The van der Waals surface area contributed by atoms with Crippen molar-refractivity contribution < 1.29 is 9.26 Å². The Kier molecular flexibility index (Phi) is 3.95. The van der Waals surface area contributed by atoms with E-state index >= 15 is 0 Å². The van der Waals surface area contributed by atoms with E-state index in [9.17, 15) is 0 Å². The van der Waals surface area contributed by atoms with E-state index in [-0.39, 0.29) is 0 Å². The van der Waals surface area contributed by atoms with Gasteiger partial charge in [0.05, 0.1) is 19.0 Å². The highest BCUT2D eigenvalue weighted by Gasteiger charge is 2.16. The molecule has 2 aromatic heterocycles. The molecule has 1 fully saturated rings. The van der Waals surface area contributed by atoms with Crippen LogP contribution in [0.3, 0.4) is 0 Å². The molecule has 0 radical (unpaired) electrons. The second-order valence-electron chi connectivity index (χ2n) is 3.97. The quantitative estimate of drug-likeness (QED) is 0.783. The Labute approximate surface area is 118 Å². The summed E-state index contributed by atoms with van der Waals surface area (Å²) in [5.74, 6) is 1.89. The molecular formula is C10H13N5O2S2. The maximum absolute atomic E-state index is 5.32. The molecule has 1 aliphatic heterocycles. The van der Waals surface area contributed by atoms with Crippen LogP contribution in [0.4, 0.5) is 5.13 Å². The van der Waals surface area contributed by atoms with Crippen LogP contribution in [0.1, 0.15) is 11.7 Å². The summed E-state index contributed by atoms with van der Waals surface area (Å²) in [7, 11) is 0. The number of nitrogens with zero attached hydrogens (tertiary/aromatic N) is 5. The molecule has 19 heavy (non-hydrogen) atoms. The Balaban J connectivity index is 1.58. The minimum atomic E-state index is 0.616. The number of hydrogen-bond acceptors (Lipinski definition) is 9. The summed E-state index contributed by atoms with van der Waals surface area (Å²) in [6.07, 6.45) is 0. The molecule has 2 aromatic rings. The number of anilines is 1. The van der Waals surface area contributed by atoms with Crippen LogP contribution < -0.4 is 4.90 Å². The van der Waals surface area contributed by atoms with Gasteiger partial charge >= 0.3 is 0 Å². The van der Waals surface area contributed by atoms with Crippen molar-refractivity contribution in [3.05, 3.63) is 11.7 Å². The lowest BCUT2D eigenvalue weighted by atomic mass is 10.5. The zero-order chi connectivity index (χ0) is 13.1. The second kappa shape index (κ2) is 5.85. The van der Waals surface area contributed by atoms with Gasteiger partial charge in [0, 0.05) is 13.1 Å². The number of aryl methyl sites for hydroxylation is 1. The normalized spacial score (nSPS) is 15.9. The van der Waals surface area contributed by atoms with Gasteiger partial charge < -0.3 is 14.2 Å². The largest absolute Gasteiger partial charge is 0.378 e. The summed E-state index contributed by atoms with van der Waals surface area (Å²) in [6, 6.07) is 0. The molecule has 102 valence electrons. The maximum atomic E-state index is 5.32. The molecule has 3 heterocycles. The Morgan fingerprint density at radius 1 is 1.32 bits per heavy atom. The number of hydrogen-bond donors (Lipinski definition) is 0. The molecule has 7 nitrogen and oxygen atoms in total. The predicted molar refractivity (Wildman–Crippen MR) is 71.5 cm³/mol. The number of rotatable bonds is 4. The Hall–Kier alpha value is -1.19. The molecule has 3 rings (SSSR count). The van der Waals surface area contributed by atoms with Crippen LogP contribution in [0.2, 0.25) is 0 Å². The van der Waals surface area contributed by atoms with Gasteiger partial charge in [0.25, 0.3) is 0 Å². The fourth-order valence-corrected chi connectivity index (χ4v) is 3.40. The minimum absolute atomic E-state index is 0.616. The molecular weight excluding hydrogens is 286 g/mol. The molecule has 0 atom stereocenters. The van der Waals surface area contributed by atoms with Crippen molar-refractivity contribution >= 4 is 28.2 Å². The average molecular weight is 299 g/mol. The van der Waals surface area contributed by atoms with Crippen molar-refractivity contribution in [1.82, 2.24) is 20.3 Å². The number of aromatic nitrogens is 4. The summed E-state index contributed by atoms with van der Waals surface area (Å²) in [6.45, 7) is 5.07. The average Bonchev–Trinajstić information content (AvgIpc) is 3.06. The van der Waals surface area contributed by atoms with Gasteiger partial charge in [0.2, 0.25) is 11.0 Å². The number of ether oxygens (including phenoxy) is 1. The molecule has 0 saturated carbocycles. The third-order valence-corrected chi connectivity index (χ3v) is 4.67. The molecule has 0 aliphatic carbocycles. The number of morpholine rings is 1. The van der Waals surface area contributed by atoms with Crippen LogP contribution in [0, 0.1) is 6.92 Å². The first-order chi connectivity index (χ1) is 9.31. The van der Waals surface area contributed by atoms with E-state index in [1.165, 1.54) is 0 Å². The van der Waals surface area contributed by atoms with Crippen molar-refractivity contribution in [2.75, 3.05) is 31.2 Å². The Bertz CT molecular complexity index is 538. The second-order valence-corrected chi connectivity index (χ2v) is 6.15. The van der Waals surface area contributed by atoms with Gasteiger partial charge in [-0.3, -0.25) is 0 Å². The van der Waals surface area contributed by atoms with E-state index in [1.807, 2.05) is 0 Å². The maximum Gasteiger partial charge on any atom is 0.237 e. The molecule has 0 unspecified atom stereocenters. The zero-order valence-corrected chi connectivity index (χ0v) is 12.0. The van der Waals surface area contributed by atoms with Crippen molar-refractivity contribution in [2.24, 2.45) is 0 Å². The summed E-state index contributed by atoms with van der Waals surface area (Å²) in [5.41, 5.74) is 0. The van der Waals surface area contributed by atoms with Crippen LogP contribution in [-0.4, -0.2) is 46.6 Å². The van der Waals surface area contributed by atoms with Crippen molar-refractivity contribution in [1.29, 1.82) is 0 Å². The topological polar surface area (TPSA) is 77.2 Å². The molecule has 0 N–H and O–H groups in total. The first kappa shape index (κ1) is 12.8. The summed E-state index contributed by atoms with van der Waals surface area (Å²) in [5, 5.41) is 13.1. The van der Waals surface area contributed by atoms with E-state index < -0.39 is 0 Å². The predicted octanol–water partition coefficient (Wildman–Crippen LogP) is 1.36. The van der Waals surface area contributed by atoms with Crippen LogP contribution in [0.15, 0.2) is 8.86 Å². The first-order valence-electron chi connectivity index (χ1n) is 5.89. The number of thioether (sulfide) groups is 1. The zero-order valence-electron chi connectivity index (χ0n) is 10.4. The van der Waals surface area contributed by atoms with Gasteiger partial charge in [0.1, 0.15) is 0 Å². The monoisotopic (exact) mass is 299 g/mol. The summed E-state index contributed by atoms with van der Waals surface area (Å²) >= 11 is 3.15. The van der Waals surface area contributed by atoms with Crippen LogP contribution in [0.25, 0.3) is 0 Å². The van der Waals surface area contributed by atoms with Gasteiger partial charge in [-0.1, -0.05) is 28.3 Å². The van der Waals surface area contributed by atoms with Crippen LogP contribution >= 0.6 is 23.1 Å². The molecule has 0 spiro atoms. The molecule has 1 saturated heterocycles. The fraction of sp³-hybridized carbons (Fsp3) is 0.600. The van der Waals surface area contributed by atoms with Gasteiger partial charge in [-0.15, -0.1) is 10.2 Å². The third kappa shape index (κ3) is 3.23. The molecule has 0 bridgehead atoms. The van der Waals surface area contributed by atoms with E-state index in [0.29, 0.717) is 17.5 Å². The van der Waals surface area contributed by atoms with Crippen LogP contribution in [-0.2, 0) is 10.5 Å². The molecule has 9 heteroatoms. The Morgan fingerprint density at radius 2 is 2.16 bits per heavy atom. The summed E-state index contributed by atoms with van der Waals surface area (Å²) in [4.78, 5) is 6.35.